The highest BCUT2D eigenvalue weighted by atomic mass is 16.2. The van der Waals surface area contributed by atoms with Crippen molar-refractivity contribution in [3.63, 3.8) is 0 Å². The van der Waals surface area contributed by atoms with Crippen LogP contribution in [-0.2, 0) is 9.59 Å². The fourth-order valence-corrected chi connectivity index (χ4v) is 1.57. The van der Waals surface area contributed by atoms with Crippen molar-refractivity contribution in [3.8, 4) is 6.07 Å². The highest BCUT2D eigenvalue weighted by Crippen LogP contribution is 2.06. The number of nitrogens with one attached hydrogen (secondary N) is 1. The zero-order valence-corrected chi connectivity index (χ0v) is 9.56. The van der Waals surface area contributed by atoms with Gasteiger partial charge < -0.3 is 15.1 Å². The SMILES string of the molecule is CC1CN(C(=O)C(=O)NCC#N)CCN1C. The van der Waals surface area contributed by atoms with E-state index in [2.05, 4.69) is 10.2 Å². The van der Waals surface area contributed by atoms with E-state index >= 15 is 0 Å². The van der Waals surface area contributed by atoms with Gasteiger partial charge in [0.15, 0.2) is 0 Å². The van der Waals surface area contributed by atoms with Gasteiger partial charge in [0.25, 0.3) is 0 Å². The van der Waals surface area contributed by atoms with Gasteiger partial charge in [0.1, 0.15) is 6.54 Å². The van der Waals surface area contributed by atoms with Gasteiger partial charge in [-0.05, 0) is 14.0 Å². The number of amides is 2. The Labute approximate surface area is 94.8 Å². The lowest BCUT2D eigenvalue weighted by Gasteiger charge is -2.37. The second-order valence-corrected chi connectivity index (χ2v) is 3.92. The van der Waals surface area contributed by atoms with Gasteiger partial charge >= 0.3 is 11.8 Å². The molecule has 0 bridgehead atoms. The Morgan fingerprint density at radius 2 is 2.19 bits per heavy atom. The lowest BCUT2D eigenvalue weighted by Crippen LogP contribution is -2.55. The molecule has 1 unspecified atom stereocenters. The molecule has 1 rings (SSSR count). The van der Waals surface area contributed by atoms with Gasteiger partial charge in [-0.2, -0.15) is 5.26 Å². The van der Waals surface area contributed by atoms with E-state index in [4.69, 9.17) is 5.26 Å². The van der Waals surface area contributed by atoms with E-state index < -0.39 is 11.8 Å². The van der Waals surface area contributed by atoms with Crippen LogP contribution < -0.4 is 5.32 Å². The Morgan fingerprint density at radius 3 is 2.75 bits per heavy atom. The number of carbonyl (C=O) groups is 2. The van der Waals surface area contributed by atoms with E-state index in [0.717, 1.165) is 6.54 Å². The van der Waals surface area contributed by atoms with Crippen molar-refractivity contribution >= 4 is 11.8 Å². The molecule has 1 aliphatic rings. The number of nitrogens with zero attached hydrogens (tertiary/aromatic N) is 3. The minimum absolute atomic E-state index is 0.131. The highest BCUT2D eigenvalue weighted by Gasteiger charge is 2.27. The van der Waals surface area contributed by atoms with E-state index in [0.29, 0.717) is 13.1 Å². The number of likely N-dealkylation sites (N-methyl/N-ethyl adjacent to an activating group) is 1. The van der Waals surface area contributed by atoms with Crippen molar-refractivity contribution in [2.45, 2.75) is 13.0 Å². The molecule has 0 aromatic rings. The molecular formula is C10H16N4O2. The van der Waals surface area contributed by atoms with E-state index in [1.165, 1.54) is 4.90 Å². The van der Waals surface area contributed by atoms with Gasteiger partial charge in [-0.15, -0.1) is 0 Å². The predicted molar refractivity (Wildman–Crippen MR) is 57.3 cm³/mol. The first-order valence-electron chi connectivity index (χ1n) is 5.20. The molecule has 1 saturated heterocycles. The molecule has 1 N–H and O–H groups in total. The zero-order valence-electron chi connectivity index (χ0n) is 9.56. The van der Waals surface area contributed by atoms with Crippen molar-refractivity contribution in [1.29, 1.82) is 5.26 Å². The Kier molecular flexibility index (Phi) is 4.26. The van der Waals surface area contributed by atoms with Crippen molar-refractivity contribution in [1.82, 2.24) is 15.1 Å². The highest BCUT2D eigenvalue weighted by molar-refractivity contribution is 6.35. The summed E-state index contributed by atoms with van der Waals surface area (Å²) < 4.78 is 0. The molecule has 16 heavy (non-hydrogen) atoms. The van der Waals surface area contributed by atoms with E-state index in [9.17, 15) is 9.59 Å². The lowest BCUT2D eigenvalue weighted by atomic mass is 10.2. The van der Waals surface area contributed by atoms with Gasteiger partial charge in [0.05, 0.1) is 6.07 Å². The van der Waals surface area contributed by atoms with Crippen LogP contribution in [0.15, 0.2) is 0 Å². The molecule has 1 fully saturated rings. The molecule has 0 aliphatic carbocycles. The molecule has 1 heterocycles. The molecule has 1 atom stereocenters. The summed E-state index contributed by atoms with van der Waals surface area (Å²) in [6.07, 6.45) is 0. The minimum atomic E-state index is -0.696. The number of carbonyl (C=O) groups excluding carboxylic acids is 2. The van der Waals surface area contributed by atoms with Crippen LogP contribution in [0.25, 0.3) is 0 Å². The number of rotatable bonds is 1. The van der Waals surface area contributed by atoms with Crippen LogP contribution in [0, 0.1) is 11.3 Å². The molecule has 0 spiro atoms. The molecule has 2 amide bonds. The number of piperazine rings is 1. The summed E-state index contributed by atoms with van der Waals surface area (Å²) in [5, 5.41) is 10.5. The van der Waals surface area contributed by atoms with Crippen LogP contribution in [0.3, 0.4) is 0 Å². The molecule has 6 heteroatoms. The summed E-state index contributed by atoms with van der Waals surface area (Å²) in [5.41, 5.74) is 0. The van der Waals surface area contributed by atoms with Gasteiger partial charge in [0.2, 0.25) is 0 Å². The van der Waals surface area contributed by atoms with E-state index in [-0.39, 0.29) is 12.6 Å². The third kappa shape index (κ3) is 2.94. The first-order chi connectivity index (χ1) is 7.56. The Morgan fingerprint density at radius 1 is 1.50 bits per heavy atom. The quantitative estimate of drug-likeness (QED) is 0.448. The van der Waals surface area contributed by atoms with E-state index in [1.807, 2.05) is 14.0 Å². The first-order valence-corrected chi connectivity index (χ1v) is 5.20. The maximum Gasteiger partial charge on any atom is 0.312 e. The van der Waals surface area contributed by atoms with Crippen molar-refractivity contribution in [3.05, 3.63) is 0 Å². The monoisotopic (exact) mass is 224 g/mol. The van der Waals surface area contributed by atoms with Crippen LogP contribution >= 0.6 is 0 Å². The fraction of sp³-hybridized carbons (Fsp3) is 0.700. The summed E-state index contributed by atoms with van der Waals surface area (Å²) in [5.74, 6) is -1.24. The molecule has 0 aromatic carbocycles. The molecule has 0 radical (unpaired) electrons. The minimum Gasteiger partial charge on any atom is -0.335 e. The second kappa shape index (κ2) is 5.47. The predicted octanol–water partition coefficient (Wildman–Crippen LogP) is -1.21. The fourth-order valence-electron chi connectivity index (χ4n) is 1.57. The van der Waals surface area contributed by atoms with Crippen LogP contribution in [0.4, 0.5) is 0 Å². The normalized spacial score (nSPS) is 21.3. The van der Waals surface area contributed by atoms with Crippen LogP contribution in [0.5, 0.6) is 0 Å². The topological polar surface area (TPSA) is 76.4 Å². The van der Waals surface area contributed by atoms with Crippen LogP contribution in [-0.4, -0.2) is 60.9 Å². The molecule has 6 nitrogen and oxygen atoms in total. The van der Waals surface area contributed by atoms with Gasteiger partial charge in [-0.3, -0.25) is 9.59 Å². The maximum absolute atomic E-state index is 11.6. The molecular weight excluding hydrogens is 208 g/mol. The summed E-state index contributed by atoms with van der Waals surface area (Å²) >= 11 is 0. The number of hydrogen-bond acceptors (Lipinski definition) is 4. The standard InChI is InChI=1S/C10H16N4O2/c1-8-7-14(6-5-13(8)2)10(16)9(15)12-4-3-11/h8H,4-7H2,1-2H3,(H,12,15). The summed E-state index contributed by atoms with van der Waals surface area (Å²) in [4.78, 5) is 26.6. The Hall–Kier alpha value is -1.61. The zero-order chi connectivity index (χ0) is 12.1. The summed E-state index contributed by atoms with van der Waals surface area (Å²) in [7, 11) is 1.99. The van der Waals surface area contributed by atoms with Gasteiger partial charge in [-0.1, -0.05) is 0 Å². The summed E-state index contributed by atoms with van der Waals surface area (Å²) in [6, 6.07) is 2.01. The van der Waals surface area contributed by atoms with Crippen LogP contribution in [0.1, 0.15) is 6.92 Å². The lowest BCUT2D eigenvalue weighted by molar-refractivity contribution is -0.147. The smallest absolute Gasteiger partial charge is 0.312 e. The van der Waals surface area contributed by atoms with Gasteiger partial charge in [-0.25, -0.2) is 0 Å². The number of hydrogen-bond donors (Lipinski definition) is 1. The molecule has 0 saturated carbocycles. The number of nitriles is 1. The Bertz CT molecular complexity index is 323. The van der Waals surface area contributed by atoms with Gasteiger partial charge in [0, 0.05) is 25.7 Å². The average molecular weight is 224 g/mol. The van der Waals surface area contributed by atoms with E-state index in [1.54, 1.807) is 6.07 Å². The largest absolute Gasteiger partial charge is 0.335 e. The average Bonchev–Trinajstić information content (AvgIpc) is 2.28. The third-order valence-electron chi connectivity index (χ3n) is 2.77. The summed E-state index contributed by atoms with van der Waals surface area (Å²) in [6.45, 7) is 3.74. The van der Waals surface area contributed by atoms with Crippen LogP contribution in [0.2, 0.25) is 0 Å². The second-order valence-electron chi connectivity index (χ2n) is 3.92. The Balaban J connectivity index is 2.49. The van der Waals surface area contributed by atoms with Crippen molar-refractivity contribution < 1.29 is 9.59 Å². The third-order valence-corrected chi connectivity index (χ3v) is 2.77. The molecule has 88 valence electrons. The van der Waals surface area contributed by atoms with Crippen molar-refractivity contribution in [2.75, 3.05) is 33.2 Å². The maximum atomic E-state index is 11.6. The molecule has 1 aliphatic heterocycles. The molecule has 0 aromatic heterocycles. The first kappa shape index (κ1) is 12.5. The van der Waals surface area contributed by atoms with Crippen molar-refractivity contribution in [2.24, 2.45) is 0 Å².